The molecule has 0 radical (unpaired) electrons. The first-order chi connectivity index (χ1) is 10.1. The highest BCUT2D eigenvalue weighted by Gasteiger charge is 2.20. The lowest BCUT2D eigenvalue weighted by atomic mass is 10.1. The van der Waals surface area contributed by atoms with E-state index < -0.39 is 4.92 Å². The first-order valence-electron chi connectivity index (χ1n) is 6.19. The minimum atomic E-state index is -0.500. The molecule has 0 aromatic heterocycles. The summed E-state index contributed by atoms with van der Waals surface area (Å²) in [6.45, 7) is -0.264. The molecular weight excluding hydrogens is 270 g/mol. The summed E-state index contributed by atoms with van der Waals surface area (Å²) in [7, 11) is 1.66. The van der Waals surface area contributed by atoms with E-state index in [1.54, 1.807) is 48.3 Å². The van der Waals surface area contributed by atoms with Gasteiger partial charge in [0.25, 0.3) is 5.69 Å². The average molecular weight is 283 g/mol. The van der Waals surface area contributed by atoms with Crippen LogP contribution in [0.2, 0.25) is 0 Å². The van der Waals surface area contributed by atoms with E-state index >= 15 is 0 Å². The van der Waals surface area contributed by atoms with Gasteiger partial charge in [0.05, 0.1) is 22.8 Å². The molecule has 0 heterocycles. The summed E-state index contributed by atoms with van der Waals surface area (Å²) in [5, 5.41) is 29.4. The minimum absolute atomic E-state index is 0.114. The van der Waals surface area contributed by atoms with Gasteiger partial charge in [-0.2, -0.15) is 5.26 Å². The van der Waals surface area contributed by atoms with Crippen LogP contribution in [0.3, 0.4) is 0 Å². The van der Waals surface area contributed by atoms with Gasteiger partial charge in [-0.15, -0.1) is 0 Å². The fraction of sp³-hybridized carbons (Fsp3) is 0.133. The smallest absolute Gasteiger partial charge is 0.293 e. The number of nitro benzene ring substituents is 1. The van der Waals surface area contributed by atoms with Gasteiger partial charge in [0.2, 0.25) is 0 Å². The van der Waals surface area contributed by atoms with Crippen molar-refractivity contribution in [1.29, 1.82) is 5.26 Å². The van der Waals surface area contributed by atoms with E-state index in [9.17, 15) is 10.1 Å². The molecule has 2 aromatic rings. The van der Waals surface area contributed by atoms with E-state index in [-0.39, 0.29) is 12.3 Å². The summed E-state index contributed by atoms with van der Waals surface area (Å²) >= 11 is 0. The molecule has 0 fully saturated rings. The number of hydrogen-bond acceptors (Lipinski definition) is 5. The van der Waals surface area contributed by atoms with Gasteiger partial charge in [-0.05, 0) is 23.8 Å². The molecule has 2 rings (SSSR count). The fourth-order valence-electron chi connectivity index (χ4n) is 2.09. The maximum atomic E-state index is 11.2. The largest absolute Gasteiger partial charge is 0.392 e. The van der Waals surface area contributed by atoms with Gasteiger partial charge in [0.1, 0.15) is 11.8 Å². The molecule has 0 unspecified atom stereocenters. The lowest BCUT2D eigenvalue weighted by Crippen LogP contribution is -2.13. The molecule has 0 spiro atoms. The zero-order valence-electron chi connectivity index (χ0n) is 11.4. The van der Waals surface area contributed by atoms with E-state index in [1.165, 1.54) is 6.07 Å². The maximum Gasteiger partial charge on any atom is 0.293 e. The number of hydrogen-bond donors (Lipinski definition) is 1. The van der Waals surface area contributed by atoms with Crippen molar-refractivity contribution in [2.24, 2.45) is 0 Å². The molecule has 0 bridgehead atoms. The van der Waals surface area contributed by atoms with Gasteiger partial charge < -0.3 is 10.0 Å². The Kier molecular flexibility index (Phi) is 4.16. The summed E-state index contributed by atoms with van der Waals surface area (Å²) < 4.78 is 0. The molecule has 0 amide bonds. The van der Waals surface area contributed by atoms with Crippen LogP contribution < -0.4 is 4.90 Å². The van der Waals surface area contributed by atoms with Crippen LogP contribution in [0.1, 0.15) is 11.1 Å². The van der Waals surface area contributed by atoms with E-state index in [0.29, 0.717) is 22.5 Å². The monoisotopic (exact) mass is 283 g/mol. The number of nitro groups is 1. The van der Waals surface area contributed by atoms with Crippen LogP contribution in [0.15, 0.2) is 42.5 Å². The zero-order chi connectivity index (χ0) is 15.4. The Hall–Kier alpha value is -2.91. The van der Waals surface area contributed by atoms with Crippen molar-refractivity contribution in [2.45, 2.75) is 6.61 Å². The van der Waals surface area contributed by atoms with Crippen LogP contribution in [0.4, 0.5) is 17.1 Å². The number of para-hydroxylation sites is 1. The second-order valence-corrected chi connectivity index (χ2v) is 4.43. The Balaban J connectivity index is 2.56. The van der Waals surface area contributed by atoms with E-state index in [1.807, 2.05) is 0 Å². The topological polar surface area (TPSA) is 90.4 Å². The van der Waals surface area contributed by atoms with Crippen molar-refractivity contribution in [3.8, 4) is 6.07 Å². The fourth-order valence-corrected chi connectivity index (χ4v) is 2.09. The Morgan fingerprint density at radius 2 is 2.00 bits per heavy atom. The summed E-state index contributed by atoms with van der Waals surface area (Å²) in [5.74, 6) is 0. The highest BCUT2D eigenvalue weighted by atomic mass is 16.6. The molecule has 2 aromatic carbocycles. The van der Waals surface area contributed by atoms with Crippen molar-refractivity contribution in [1.82, 2.24) is 0 Å². The van der Waals surface area contributed by atoms with Gasteiger partial charge in [-0.3, -0.25) is 10.1 Å². The minimum Gasteiger partial charge on any atom is -0.392 e. The van der Waals surface area contributed by atoms with E-state index in [2.05, 4.69) is 6.07 Å². The lowest BCUT2D eigenvalue weighted by Gasteiger charge is -2.20. The zero-order valence-corrected chi connectivity index (χ0v) is 11.4. The highest BCUT2D eigenvalue weighted by molar-refractivity contribution is 5.75. The number of nitrogens with zero attached hydrogens (tertiary/aromatic N) is 3. The highest BCUT2D eigenvalue weighted by Crippen LogP contribution is 2.34. The Morgan fingerprint density at radius 1 is 1.29 bits per heavy atom. The first-order valence-corrected chi connectivity index (χ1v) is 6.19. The third-order valence-corrected chi connectivity index (χ3v) is 3.17. The summed E-state index contributed by atoms with van der Waals surface area (Å²) in [6, 6.07) is 13.5. The predicted octanol–water partition coefficient (Wildman–Crippen LogP) is 2.73. The molecule has 6 nitrogen and oxygen atoms in total. The average Bonchev–Trinajstić information content (AvgIpc) is 2.53. The Morgan fingerprint density at radius 3 is 2.62 bits per heavy atom. The Labute approximate surface area is 121 Å². The first kappa shape index (κ1) is 14.5. The number of nitriles is 1. The van der Waals surface area contributed by atoms with Gasteiger partial charge >= 0.3 is 0 Å². The van der Waals surface area contributed by atoms with Crippen LogP contribution in [0.5, 0.6) is 0 Å². The predicted molar refractivity (Wildman–Crippen MR) is 78.2 cm³/mol. The number of benzene rings is 2. The molecule has 0 aliphatic carbocycles. The van der Waals surface area contributed by atoms with Gasteiger partial charge in [0, 0.05) is 13.1 Å². The van der Waals surface area contributed by atoms with Crippen LogP contribution >= 0.6 is 0 Å². The second kappa shape index (κ2) is 6.03. The van der Waals surface area contributed by atoms with Crippen LogP contribution in [-0.2, 0) is 6.61 Å². The number of aliphatic hydroxyl groups excluding tert-OH is 1. The summed E-state index contributed by atoms with van der Waals surface area (Å²) in [5.41, 5.74) is 1.73. The molecule has 0 aliphatic rings. The molecule has 6 heteroatoms. The van der Waals surface area contributed by atoms with Gasteiger partial charge in [-0.1, -0.05) is 18.2 Å². The lowest BCUT2D eigenvalue weighted by molar-refractivity contribution is -0.384. The van der Waals surface area contributed by atoms with Crippen molar-refractivity contribution in [3.05, 3.63) is 63.7 Å². The second-order valence-electron chi connectivity index (χ2n) is 4.43. The summed E-state index contributed by atoms with van der Waals surface area (Å²) in [4.78, 5) is 12.3. The molecule has 0 aliphatic heterocycles. The Bertz CT molecular complexity index is 722. The molecule has 0 saturated heterocycles. The van der Waals surface area contributed by atoms with Crippen molar-refractivity contribution >= 4 is 17.1 Å². The van der Waals surface area contributed by atoms with Crippen LogP contribution in [-0.4, -0.2) is 17.1 Å². The molecule has 106 valence electrons. The number of aliphatic hydroxyl groups is 1. The SMILES string of the molecule is CN(c1ccccc1C#N)c1ccc(CO)cc1[N+](=O)[O-]. The molecule has 1 N–H and O–H groups in total. The molecule has 0 atom stereocenters. The van der Waals surface area contributed by atoms with Gasteiger partial charge in [0.15, 0.2) is 0 Å². The maximum absolute atomic E-state index is 11.2. The van der Waals surface area contributed by atoms with Crippen LogP contribution in [0.25, 0.3) is 0 Å². The number of rotatable bonds is 4. The van der Waals surface area contributed by atoms with Crippen molar-refractivity contribution in [3.63, 3.8) is 0 Å². The number of anilines is 2. The molecular formula is C15H13N3O3. The standard InChI is InChI=1S/C15H13N3O3/c1-17(13-5-3-2-4-12(13)9-16)14-7-6-11(10-19)8-15(14)18(20)21/h2-8,19H,10H2,1H3. The van der Waals surface area contributed by atoms with Crippen molar-refractivity contribution < 1.29 is 10.0 Å². The normalized spacial score (nSPS) is 9.95. The molecule has 21 heavy (non-hydrogen) atoms. The summed E-state index contributed by atoms with van der Waals surface area (Å²) in [6.07, 6.45) is 0. The third kappa shape index (κ3) is 2.83. The van der Waals surface area contributed by atoms with E-state index in [4.69, 9.17) is 10.4 Å². The molecule has 0 saturated carbocycles. The quantitative estimate of drug-likeness (QED) is 0.688. The van der Waals surface area contributed by atoms with E-state index in [0.717, 1.165) is 0 Å². The van der Waals surface area contributed by atoms with Crippen LogP contribution in [0, 0.1) is 21.4 Å². The van der Waals surface area contributed by atoms with Gasteiger partial charge in [-0.25, -0.2) is 0 Å². The van der Waals surface area contributed by atoms with Crippen molar-refractivity contribution in [2.75, 3.05) is 11.9 Å². The third-order valence-electron chi connectivity index (χ3n) is 3.17.